The predicted octanol–water partition coefficient (Wildman–Crippen LogP) is 1.67. The van der Waals surface area contributed by atoms with Crippen LogP contribution < -0.4 is 5.32 Å². The van der Waals surface area contributed by atoms with Crippen molar-refractivity contribution in [2.45, 2.75) is 31.7 Å². The fourth-order valence-corrected chi connectivity index (χ4v) is 2.20. The lowest BCUT2D eigenvalue weighted by Crippen LogP contribution is -2.51. The molecule has 2 N–H and O–H groups in total. The second-order valence-corrected chi connectivity index (χ2v) is 4.71. The van der Waals surface area contributed by atoms with Crippen LogP contribution in [0.3, 0.4) is 0 Å². The van der Waals surface area contributed by atoms with Crippen molar-refractivity contribution in [3.05, 3.63) is 23.7 Å². The summed E-state index contributed by atoms with van der Waals surface area (Å²) in [6.45, 7) is 3.25. The van der Waals surface area contributed by atoms with E-state index < -0.39 is 5.97 Å². The number of carbonyl (C=O) groups excluding carboxylic acids is 1. The van der Waals surface area contributed by atoms with Crippen LogP contribution in [0, 0.1) is 0 Å². The SMILES string of the molecule is CCC1(NC(=O)c2cc(C(=O)O)co2)CCOCC1. The minimum atomic E-state index is -1.11. The van der Waals surface area contributed by atoms with Crippen molar-refractivity contribution in [1.82, 2.24) is 5.32 Å². The Morgan fingerprint density at radius 1 is 1.42 bits per heavy atom. The molecule has 1 amide bonds. The zero-order chi connectivity index (χ0) is 13.9. The largest absolute Gasteiger partial charge is 0.478 e. The van der Waals surface area contributed by atoms with Gasteiger partial charge in [-0.1, -0.05) is 6.92 Å². The van der Waals surface area contributed by atoms with Crippen molar-refractivity contribution in [3.63, 3.8) is 0 Å². The predicted molar refractivity (Wildman–Crippen MR) is 66.2 cm³/mol. The fourth-order valence-electron chi connectivity index (χ4n) is 2.20. The van der Waals surface area contributed by atoms with Crippen molar-refractivity contribution in [2.75, 3.05) is 13.2 Å². The third-order valence-electron chi connectivity index (χ3n) is 3.58. The lowest BCUT2D eigenvalue weighted by atomic mass is 9.87. The first-order chi connectivity index (χ1) is 9.06. The first-order valence-corrected chi connectivity index (χ1v) is 6.28. The zero-order valence-electron chi connectivity index (χ0n) is 10.8. The molecular weight excluding hydrogens is 250 g/mol. The van der Waals surface area contributed by atoms with E-state index in [0.29, 0.717) is 13.2 Å². The third kappa shape index (κ3) is 2.96. The molecule has 1 fully saturated rings. The number of carboxylic acid groups (broad SMARTS) is 1. The number of hydrogen-bond acceptors (Lipinski definition) is 4. The second kappa shape index (κ2) is 5.44. The van der Waals surface area contributed by atoms with Gasteiger partial charge in [0.25, 0.3) is 5.91 Å². The highest BCUT2D eigenvalue weighted by Gasteiger charge is 2.33. The normalized spacial score (nSPS) is 17.9. The molecule has 0 atom stereocenters. The van der Waals surface area contributed by atoms with Gasteiger partial charge in [0.1, 0.15) is 6.26 Å². The van der Waals surface area contributed by atoms with Gasteiger partial charge in [-0.15, -0.1) is 0 Å². The third-order valence-corrected chi connectivity index (χ3v) is 3.58. The number of carbonyl (C=O) groups is 2. The van der Waals surface area contributed by atoms with Gasteiger partial charge >= 0.3 is 5.97 Å². The lowest BCUT2D eigenvalue weighted by molar-refractivity contribution is 0.0337. The number of ether oxygens (including phenoxy) is 1. The van der Waals surface area contributed by atoms with E-state index in [-0.39, 0.29) is 22.8 Å². The average Bonchev–Trinajstić information content (AvgIpc) is 2.89. The van der Waals surface area contributed by atoms with Gasteiger partial charge in [0.2, 0.25) is 0 Å². The summed E-state index contributed by atoms with van der Waals surface area (Å²) in [5, 5.41) is 11.7. The molecule has 0 saturated carbocycles. The average molecular weight is 267 g/mol. The molecule has 0 radical (unpaired) electrons. The highest BCUT2D eigenvalue weighted by Crippen LogP contribution is 2.24. The van der Waals surface area contributed by atoms with Crippen LogP contribution in [-0.2, 0) is 4.74 Å². The number of nitrogens with one attached hydrogen (secondary N) is 1. The smallest absolute Gasteiger partial charge is 0.338 e. The van der Waals surface area contributed by atoms with Crippen molar-refractivity contribution < 1.29 is 23.8 Å². The molecule has 2 heterocycles. The molecule has 104 valence electrons. The summed E-state index contributed by atoms with van der Waals surface area (Å²) in [6, 6.07) is 1.24. The Morgan fingerprint density at radius 2 is 2.11 bits per heavy atom. The molecular formula is C13H17NO5. The molecule has 1 aliphatic rings. The van der Waals surface area contributed by atoms with Gasteiger partial charge in [0.05, 0.1) is 5.56 Å². The van der Waals surface area contributed by atoms with E-state index in [4.69, 9.17) is 14.3 Å². The molecule has 19 heavy (non-hydrogen) atoms. The summed E-state index contributed by atoms with van der Waals surface area (Å²) < 4.78 is 10.3. The van der Waals surface area contributed by atoms with Crippen LogP contribution in [0.25, 0.3) is 0 Å². The van der Waals surface area contributed by atoms with Crippen LogP contribution in [0.15, 0.2) is 16.7 Å². The van der Waals surface area contributed by atoms with E-state index in [0.717, 1.165) is 25.5 Å². The van der Waals surface area contributed by atoms with Gasteiger partial charge in [-0.3, -0.25) is 4.79 Å². The molecule has 0 unspecified atom stereocenters. The maximum absolute atomic E-state index is 12.1. The molecule has 0 aliphatic carbocycles. The van der Waals surface area contributed by atoms with E-state index in [9.17, 15) is 9.59 Å². The van der Waals surface area contributed by atoms with Crippen molar-refractivity contribution in [1.29, 1.82) is 0 Å². The molecule has 1 aromatic rings. The highest BCUT2D eigenvalue weighted by molar-refractivity contribution is 5.95. The van der Waals surface area contributed by atoms with Crippen molar-refractivity contribution in [2.24, 2.45) is 0 Å². The molecule has 0 spiro atoms. The Morgan fingerprint density at radius 3 is 2.63 bits per heavy atom. The lowest BCUT2D eigenvalue weighted by Gasteiger charge is -2.36. The molecule has 1 aromatic heterocycles. The van der Waals surface area contributed by atoms with Crippen LogP contribution >= 0.6 is 0 Å². The van der Waals surface area contributed by atoms with Crippen LogP contribution in [0.4, 0.5) is 0 Å². The monoisotopic (exact) mass is 267 g/mol. The quantitative estimate of drug-likeness (QED) is 0.866. The molecule has 0 aromatic carbocycles. The number of rotatable bonds is 4. The number of aromatic carboxylic acids is 1. The van der Waals surface area contributed by atoms with Gasteiger partial charge < -0.3 is 19.6 Å². The highest BCUT2D eigenvalue weighted by atomic mass is 16.5. The van der Waals surface area contributed by atoms with Gasteiger partial charge in [-0.2, -0.15) is 0 Å². The maximum Gasteiger partial charge on any atom is 0.338 e. The van der Waals surface area contributed by atoms with Gasteiger partial charge in [-0.25, -0.2) is 4.79 Å². The summed E-state index contributed by atoms with van der Waals surface area (Å²) in [4.78, 5) is 22.8. The minimum absolute atomic E-state index is 0.0247. The Balaban J connectivity index is 2.08. The maximum atomic E-state index is 12.1. The van der Waals surface area contributed by atoms with Crippen LogP contribution in [0.5, 0.6) is 0 Å². The molecule has 2 rings (SSSR count). The first kappa shape index (κ1) is 13.6. The number of carboxylic acids is 1. The first-order valence-electron chi connectivity index (χ1n) is 6.28. The Kier molecular flexibility index (Phi) is 3.90. The molecule has 1 aliphatic heterocycles. The standard InChI is InChI=1S/C13H17NO5/c1-2-13(3-5-18-6-4-13)14-11(15)10-7-9(8-19-10)12(16)17/h7-8H,2-6H2,1H3,(H,14,15)(H,16,17). The molecule has 1 saturated heterocycles. The van der Waals surface area contributed by atoms with E-state index >= 15 is 0 Å². The number of hydrogen-bond donors (Lipinski definition) is 2. The Hall–Kier alpha value is -1.82. The Bertz CT molecular complexity index is 473. The number of furan rings is 1. The summed E-state index contributed by atoms with van der Waals surface area (Å²) >= 11 is 0. The second-order valence-electron chi connectivity index (χ2n) is 4.71. The van der Waals surface area contributed by atoms with E-state index in [1.165, 1.54) is 6.07 Å². The van der Waals surface area contributed by atoms with Gasteiger partial charge in [0, 0.05) is 24.8 Å². The van der Waals surface area contributed by atoms with E-state index in [1.807, 2.05) is 6.92 Å². The van der Waals surface area contributed by atoms with Gasteiger partial charge in [-0.05, 0) is 19.3 Å². The van der Waals surface area contributed by atoms with Crippen LogP contribution in [-0.4, -0.2) is 35.7 Å². The zero-order valence-corrected chi connectivity index (χ0v) is 10.8. The molecule has 0 bridgehead atoms. The molecule has 6 heteroatoms. The van der Waals surface area contributed by atoms with Crippen molar-refractivity contribution in [3.8, 4) is 0 Å². The molecule has 6 nitrogen and oxygen atoms in total. The van der Waals surface area contributed by atoms with Gasteiger partial charge in [0.15, 0.2) is 5.76 Å². The summed E-state index contributed by atoms with van der Waals surface area (Å²) in [6.07, 6.45) is 3.37. The number of amides is 1. The minimum Gasteiger partial charge on any atom is -0.478 e. The van der Waals surface area contributed by atoms with E-state index in [2.05, 4.69) is 5.32 Å². The van der Waals surface area contributed by atoms with E-state index in [1.54, 1.807) is 0 Å². The summed E-state index contributed by atoms with van der Waals surface area (Å²) in [5.74, 6) is -1.47. The topological polar surface area (TPSA) is 88.8 Å². The summed E-state index contributed by atoms with van der Waals surface area (Å²) in [5.41, 5.74) is -0.312. The van der Waals surface area contributed by atoms with Crippen LogP contribution in [0.2, 0.25) is 0 Å². The van der Waals surface area contributed by atoms with Crippen molar-refractivity contribution >= 4 is 11.9 Å². The van der Waals surface area contributed by atoms with Crippen LogP contribution in [0.1, 0.15) is 47.1 Å². The summed E-state index contributed by atoms with van der Waals surface area (Å²) in [7, 11) is 0. The fraction of sp³-hybridized carbons (Fsp3) is 0.538. The Labute approximate surface area is 110 Å².